The molecule has 2 heterocycles. The largest absolute Gasteiger partial charge is 0.381 e. The number of nitrogens with one attached hydrogen (secondary N) is 1. The van der Waals surface area contributed by atoms with E-state index >= 15 is 0 Å². The van der Waals surface area contributed by atoms with Gasteiger partial charge in [-0.15, -0.1) is 0 Å². The number of aryl methyl sites for hydroxylation is 1. The second kappa shape index (κ2) is 8.50. The maximum Gasteiger partial charge on any atom is 0.274 e. The molecule has 1 saturated heterocycles. The number of hydrogen-bond donors (Lipinski definition) is 1. The molecule has 6 heteroatoms. The zero-order chi connectivity index (χ0) is 17.6. The number of rotatable bonds is 6. The van der Waals surface area contributed by atoms with Crippen molar-refractivity contribution in [1.29, 1.82) is 0 Å². The van der Waals surface area contributed by atoms with Gasteiger partial charge in [0.15, 0.2) is 0 Å². The maximum atomic E-state index is 12.9. The van der Waals surface area contributed by atoms with Gasteiger partial charge in [0, 0.05) is 37.0 Å². The van der Waals surface area contributed by atoms with Gasteiger partial charge < -0.3 is 9.64 Å². The van der Waals surface area contributed by atoms with Crippen molar-refractivity contribution in [2.75, 3.05) is 19.8 Å². The summed E-state index contributed by atoms with van der Waals surface area (Å²) in [6.45, 7) is 4.72. The van der Waals surface area contributed by atoms with Gasteiger partial charge in [0.1, 0.15) is 5.69 Å². The highest BCUT2D eigenvalue weighted by molar-refractivity contribution is 6.31. The molecule has 0 aliphatic carbocycles. The molecule has 1 N–H and O–H groups in total. The summed E-state index contributed by atoms with van der Waals surface area (Å²) in [5.74, 6) is 0.549. The summed E-state index contributed by atoms with van der Waals surface area (Å²) in [6.07, 6.45) is 3.11. The molecule has 0 bridgehead atoms. The first-order chi connectivity index (χ1) is 12.1. The van der Waals surface area contributed by atoms with Crippen LogP contribution in [0.2, 0.25) is 5.02 Å². The lowest BCUT2D eigenvalue weighted by atomic mass is 9.96. The number of benzene rings is 1. The number of ether oxygens (including phenoxy) is 1. The number of halogens is 1. The average Bonchev–Trinajstić information content (AvgIpc) is 3.07. The maximum absolute atomic E-state index is 12.9. The summed E-state index contributed by atoms with van der Waals surface area (Å²) in [5.41, 5.74) is 2.29. The third-order valence-electron chi connectivity index (χ3n) is 4.68. The van der Waals surface area contributed by atoms with Gasteiger partial charge in [-0.25, -0.2) is 0 Å². The van der Waals surface area contributed by atoms with E-state index in [4.69, 9.17) is 16.3 Å². The highest BCUT2D eigenvalue weighted by Gasteiger charge is 2.22. The third-order valence-corrected chi connectivity index (χ3v) is 5.05. The van der Waals surface area contributed by atoms with E-state index in [-0.39, 0.29) is 5.91 Å². The molecule has 1 aromatic carbocycles. The van der Waals surface area contributed by atoms with Crippen molar-refractivity contribution in [3.05, 3.63) is 52.3 Å². The smallest absolute Gasteiger partial charge is 0.274 e. The summed E-state index contributed by atoms with van der Waals surface area (Å²) in [7, 11) is 0. The van der Waals surface area contributed by atoms with Crippen LogP contribution < -0.4 is 0 Å². The number of amides is 1. The van der Waals surface area contributed by atoms with Gasteiger partial charge in [-0.05, 0) is 49.8 Å². The van der Waals surface area contributed by atoms with Gasteiger partial charge in [0.25, 0.3) is 5.91 Å². The van der Waals surface area contributed by atoms with E-state index in [0.29, 0.717) is 29.7 Å². The molecule has 5 nitrogen and oxygen atoms in total. The second-order valence-electron chi connectivity index (χ2n) is 6.60. The van der Waals surface area contributed by atoms with E-state index in [9.17, 15) is 4.79 Å². The normalized spacial score (nSPS) is 15.3. The summed E-state index contributed by atoms with van der Waals surface area (Å²) < 4.78 is 5.43. The molecular formula is C19H24ClN3O2. The van der Waals surface area contributed by atoms with Crippen LogP contribution in [0.15, 0.2) is 30.3 Å². The van der Waals surface area contributed by atoms with Crippen LogP contribution in [0.3, 0.4) is 0 Å². The quantitative estimate of drug-likeness (QED) is 0.850. The van der Waals surface area contributed by atoms with E-state index < -0.39 is 0 Å². The molecule has 0 atom stereocenters. The van der Waals surface area contributed by atoms with Crippen molar-refractivity contribution in [2.24, 2.45) is 5.92 Å². The molecular weight excluding hydrogens is 338 g/mol. The van der Waals surface area contributed by atoms with Gasteiger partial charge in [-0.2, -0.15) is 5.10 Å². The van der Waals surface area contributed by atoms with Gasteiger partial charge in [0.2, 0.25) is 0 Å². The number of aromatic nitrogens is 2. The molecule has 134 valence electrons. The minimum Gasteiger partial charge on any atom is -0.381 e. The molecule has 0 unspecified atom stereocenters. The molecule has 1 fully saturated rings. The predicted molar refractivity (Wildman–Crippen MR) is 97.7 cm³/mol. The minimum absolute atomic E-state index is 0.0590. The highest BCUT2D eigenvalue weighted by Crippen LogP contribution is 2.22. The molecule has 1 amide bonds. The second-order valence-corrected chi connectivity index (χ2v) is 7.01. The van der Waals surface area contributed by atoms with E-state index in [1.54, 1.807) is 6.07 Å². The molecule has 0 spiro atoms. The van der Waals surface area contributed by atoms with E-state index in [2.05, 4.69) is 10.2 Å². The monoisotopic (exact) mass is 361 g/mol. The van der Waals surface area contributed by atoms with Crippen molar-refractivity contribution >= 4 is 17.5 Å². The van der Waals surface area contributed by atoms with Crippen LogP contribution in [-0.2, 0) is 11.3 Å². The molecule has 1 aliphatic heterocycles. The fourth-order valence-electron chi connectivity index (χ4n) is 3.15. The fraction of sp³-hybridized carbons (Fsp3) is 0.474. The lowest BCUT2D eigenvalue weighted by Crippen LogP contribution is -2.33. The summed E-state index contributed by atoms with van der Waals surface area (Å²) in [4.78, 5) is 14.8. The molecule has 0 radical (unpaired) electrons. The van der Waals surface area contributed by atoms with Gasteiger partial charge >= 0.3 is 0 Å². The Balaban J connectivity index is 1.72. The SMILES string of the molecule is Cc1cc(C(=O)N(CCC2CCOCC2)Cc2ccccc2Cl)n[nH]1. The minimum atomic E-state index is -0.0590. The molecule has 0 saturated carbocycles. The van der Waals surface area contributed by atoms with E-state index in [1.807, 2.05) is 36.1 Å². The number of aromatic amines is 1. The van der Waals surface area contributed by atoms with Crippen LogP contribution in [0.25, 0.3) is 0 Å². The third kappa shape index (κ3) is 4.83. The molecule has 2 aromatic rings. The molecule has 25 heavy (non-hydrogen) atoms. The first kappa shape index (κ1) is 18.0. The predicted octanol–water partition coefficient (Wildman–Crippen LogP) is 3.83. The summed E-state index contributed by atoms with van der Waals surface area (Å²) in [5, 5.41) is 7.66. The standard InChI is InChI=1S/C19H24ClN3O2/c1-14-12-18(22-21-14)19(24)23(9-6-15-7-10-25-11-8-15)13-16-4-2-3-5-17(16)20/h2-5,12,15H,6-11,13H2,1H3,(H,21,22). The Morgan fingerprint density at radius 3 is 2.80 bits per heavy atom. The summed E-state index contributed by atoms with van der Waals surface area (Å²) >= 11 is 6.30. The van der Waals surface area contributed by atoms with Crippen molar-refractivity contribution in [2.45, 2.75) is 32.7 Å². The van der Waals surface area contributed by atoms with Crippen LogP contribution in [0.5, 0.6) is 0 Å². The zero-order valence-corrected chi connectivity index (χ0v) is 15.3. The van der Waals surface area contributed by atoms with Gasteiger partial charge in [-0.3, -0.25) is 9.89 Å². The van der Waals surface area contributed by atoms with Gasteiger partial charge in [-0.1, -0.05) is 29.8 Å². The van der Waals surface area contributed by atoms with Crippen LogP contribution >= 0.6 is 11.6 Å². The Bertz CT molecular complexity index is 710. The van der Waals surface area contributed by atoms with Crippen LogP contribution in [-0.4, -0.2) is 40.8 Å². The number of nitrogens with zero attached hydrogens (tertiary/aromatic N) is 2. The van der Waals surface area contributed by atoms with Crippen LogP contribution in [0, 0.1) is 12.8 Å². The first-order valence-electron chi connectivity index (χ1n) is 8.76. The average molecular weight is 362 g/mol. The van der Waals surface area contributed by atoms with Crippen molar-refractivity contribution in [3.8, 4) is 0 Å². The lowest BCUT2D eigenvalue weighted by Gasteiger charge is -2.27. The van der Waals surface area contributed by atoms with Crippen molar-refractivity contribution in [3.63, 3.8) is 0 Å². The number of carbonyl (C=O) groups is 1. The van der Waals surface area contributed by atoms with Crippen LogP contribution in [0.1, 0.15) is 41.0 Å². The zero-order valence-electron chi connectivity index (χ0n) is 14.5. The van der Waals surface area contributed by atoms with Crippen molar-refractivity contribution < 1.29 is 9.53 Å². The first-order valence-corrected chi connectivity index (χ1v) is 9.13. The molecule has 1 aromatic heterocycles. The Morgan fingerprint density at radius 1 is 1.36 bits per heavy atom. The Morgan fingerprint density at radius 2 is 2.12 bits per heavy atom. The topological polar surface area (TPSA) is 58.2 Å². The number of H-pyrrole nitrogens is 1. The Labute approximate surface area is 153 Å². The Hall–Kier alpha value is -1.85. The van der Waals surface area contributed by atoms with Crippen LogP contribution in [0.4, 0.5) is 0 Å². The Kier molecular flexibility index (Phi) is 6.10. The molecule has 3 rings (SSSR count). The molecule has 1 aliphatic rings. The summed E-state index contributed by atoms with van der Waals surface area (Å²) in [6, 6.07) is 9.46. The van der Waals surface area contributed by atoms with Gasteiger partial charge in [0.05, 0.1) is 0 Å². The lowest BCUT2D eigenvalue weighted by molar-refractivity contribution is 0.0555. The van der Waals surface area contributed by atoms with E-state index in [1.165, 1.54) is 0 Å². The highest BCUT2D eigenvalue weighted by atomic mass is 35.5. The van der Waals surface area contributed by atoms with E-state index in [0.717, 1.165) is 43.7 Å². The number of carbonyl (C=O) groups excluding carboxylic acids is 1. The van der Waals surface area contributed by atoms with Crippen molar-refractivity contribution in [1.82, 2.24) is 15.1 Å². The number of hydrogen-bond acceptors (Lipinski definition) is 3. The fourth-order valence-corrected chi connectivity index (χ4v) is 3.34.